The van der Waals surface area contributed by atoms with Crippen LogP contribution in [0, 0.1) is 33.5 Å². The van der Waals surface area contributed by atoms with Crippen molar-refractivity contribution in [2.45, 2.75) is 5.41 Å². The number of likely N-dealkylation sites (N-methyl/N-ethyl adjacent to an activating group) is 1. The number of nitriles is 2. The van der Waals surface area contributed by atoms with Crippen LogP contribution < -0.4 is 10.6 Å². The number of hydrogen-bond acceptors (Lipinski definition) is 5. The summed E-state index contributed by atoms with van der Waals surface area (Å²) in [5.41, 5.74) is 1.71. The molecular weight excluding hydrogens is 282 g/mol. The van der Waals surface area contributed by atoms with Crippen LogP contribution in [0.5, 0.6) is 0 Å². The van der Waals surface area contributed by atoms with Gasteiger partial charge < -0.3 is 10.6 Å². The zero-order valence-electron chi connectivity index (χ0n) is 11.5. The van der Waals surface area contributed by atoms with Crippen molar-refractivity contribution < 1.29 is 9.59 Å². The summed E-state index contributed by atoms with van der Waals surface area (Å²) in [5.74, 6) is -1.53. The first kappa shape index (κ1) is 12.5. The van der Waals surface area contributed by atoms with E-state index in [1.165, 1.54) is 4.90 Å². The van der Waals surface area contributed by atoms with E-state index >= 15 is 0 Å². The highest BCUT2D eigenvalue weighted by Gasteiger charge is 3.02. The van der Waals surface area contributed by atoms with Gasteiger partial charge in [0, 0.05) is 12.7 Å². The van der Waals surface area contributed by atoms with Crippen LogP contribution in [0.25, 0.3) is 0 Å². The van der Waals surface area contributed by atoms with E-state index in [1.54, 1.807) is 31.3 Å². The standard InChI is InChI=1S/C15H9N5O2/c1-20-9-5-3-2-4-8(9)15(12(20)22)13(6-16)10(18)19-11(21)14(13,15)7-17/h2-5H,1H3,(H2,18,19,21)/t13-,14+,15+/m1/s1. The van der Waals surface area contributed by atoms with Gasteiger partial charge in [-0.25, -0.2) is 0 Å². The molecule has 0 aromatic heterocycles. The van der Waals surface area contributed by atoms with Gasteiger partial charge in [0.25, 0.3) is 5.91 Å². The third-order valence-electron chi connectivity index (χ3n) is 5.18. The quantitative estimate of drug-likeness (QED) is 0.710. The molecule has 106 valence electrons. The number of carbonyl (C=O) groups is 2. The summed E-state index contributed by atoms with van der Waals surface area (Å²) in [4.78, 5) is 30.3. The Morgan fingerprint density at radius 1 is 1.18 bits per heavy atom. The number of fused-ring (bicyclic) bond motifs is 5. The second-order valence-electron chi connectivity index (χ2n) is 5.66. The number of para-hydroxylation sites is 1. The number of hydrogen-bond donors (Lipinski definition) is 1. The predicted molar refractivity (Wildman–Crippen MR) is 74.3 cm³/mol. The number of nitrogens with zero attached hydrogens (tertiary/aromatic N) is 4. The molecule has 2 heterocycles. The number of anilines is 1. The van der Waals surface area contributed by atoms with E-state index in [4.69, 9.17) is 5.73 Å². The zero-order valence-corrected chi connectivity index (χ0v) is 11.5. The zero-order chi connectivity index (χ0) is 15.9. The van der Waals surface area contributed by atoms with Gasteiger partial charge in [0.1, 0.15) is 11.3 Å². The van der Waals surface area contributed by atoms with Crippen LogP contribution in [0.1, 0.15) is 5.56 Å². The number of aliphatic imine (C=N–C) groups is 1. The van der Waals surface area contributed by atoms with E-state index in [2.05, 4.69) is 4.99 Å². The van der Waals surface area contributed by atoms with Crippen molar-refractivity contribution in [3.8, 4) is 12.1 Å². The molecule has 1 spiro atoms. The Morgan fingerprint density at radius 2 is 1.82 bits per heavy atom. The van der Waals surface area contributed by atoms with Gasteiger partial charge in [0.2, 0.25) is 5.91 Å². The number of carbonyl (C=O) groups excluding carboxylic acids is 2. The van der Waals surface area contributed by atoms with E-state index in [0.717, 1.165) is 0 Å². The Balaban J connectivity index is 2.17. The molecule has 4 rings (SSSR count). The highest BCUT2D eigenvalue weighted by molar-refractivity contribution is 6.30. The SMILES string of the molecule is CN1C(=O)[C@]2(c3ccccc31)[C@@]1(C#N)C(=O)N=C(N)[C@]12C#N. The highest BCUT2D eigenvalue weighted by Crippen LogP contribution is 2.83. The molecule has 0 saturated heterocycles. The van der Waals surface area contributed by atoms with Gasteiger partial charge in [0.15, 0.2) is 10.8 Å². The second-order valence-corrected chi connectivity index (χ2v) is 5.66. The molecule has 1 aromatic carbocycles. The molecule has 1 fully saturated rings. The van der Waals surface area contributed by atoms with Crippen molar-refractivity contribution in [1.29, 1.82) is 10.5 Å². The monoisotopic (exact) mass is 291 g/mol. The van der Waals surface area contributed by atoms with Crippen LogP contribution in [-0.4, -0.2) is 24.7 Å². The smallest absolute Gasteiger partial charge is 0.271 e. The van der Waals surface area contributed by atoms with Crippen LogP contribution in [-0.2, 0) is 15.0 Å². The summed E-state index contributed by atoms with van der Waals surface area (Å²) in [6.45, 7) is 0. The minimum Gasteiger partial charge on any atom is -0.386 e. The second kappa shape index (κ2) is 3.18. The van der Waals surface area contributed by atoms with E-state index in [0.29, 0.717) is 11.3 Å². The number of benzene rings is 1. The molecule has 0 unspecified atom stereocenters. The summed E-state index contributed by atoms with van der Waals surface area (Å²) >= 11 is 0. The summed E-state index contributed by atoms with van der Waals surface area (Å²) in [5, 5.41) is 19.4. The van der Waals surface area contributed by atoms with Crippen molar-refractivity contribution in [3.05, 3.63) is 29.8 Å². The molecule has 22 heavy (non-hydrogen) atoms. The summed E-state index contributed by atoms with van der Waals surface area (Å²) in [6.07, 6.45) is 0. The average Bonchev–Trinajstić information content (AvgIpc) is 2.94. The molecule has 2 amide bonds. The Kier molecular flexibility index (Phi) is 1.81. The van der Waals surface area contributed by atoms with Crippen molar-refractivity contribution in [3.63, 3.8) is 0 Å². The number of amidine groups is 1. The van der Waals surface area contributed by atoms with Gasteiger partial charge in [-0.15, -0.1) is 0 Å². The molecule has 1 aliphatic carbocycles. The molecule has 2 aliphatic heterocycles. The van der Waals surface area contributed by atoms with Gasteiger partial charge in [-0.3, -0.25) is 9.59 Å². The molecule has 0 bridgehead atoms. The third kappa shape index (κ3) is 0.751. The van der Waals surface area contributed by atoms with Gasteiger partial charge in [-0.05, 0) is 11.6 Å². The molecule has 1 aromatic rings. The first-order chi connectivity index (χ1) is 10.5. The Labute approximate surface area is 125 Å². The summed E-state index contributed by atoms with van der Waals surface area (Å²) in [7, 11) is 1.55. The first-order valence-corrected chi connectivity index (χ1v) is 6.56. The fourth-order valence-electron chi connectivity index (χ4n) is 4.27. The maximum atomic E-state index is 12.9. The van der Waals surface area contributed by atoms with Crippen LogP contribution >= 0.6 is 0 Å². The van der Waals surface area contributed by atoms with Crippen LogP contribution in [0.2, 0.25) is 0 Å². The van der Waals surface area contributed by atoms with E-state index in [9.17, 15) is 20.1 Å². The Morgan fingerprint density at radius 3 is 2.41 bits per heavy atom. The van der Waals surface area contributed by atoms with E-state index in [1.807, 2.05) is 12.1 Å². The minimum absolute atomic E-state index is 0.250. The topological polar surface area (TPSA) is 123 Å². The van der Waals surface area contributed by atoms with Crippen molar-refractivity contribution >= 4 is 23.3 Å². The lowest BCUT2D eigenvalue weighted by Gasteiger charge is -2.15. The summed E-state index contributed by atoms with van der Waals surface area (Å²) in [6, 6.07) is 10.7. The minimum atomic E-state index is -1.86. The van der Waals surface area contributed by atoms with Crippen LogP contribution in [0.3, 0.4) is 0 Å². The van der Waals surface area contributed by atoms with Gasteiger partial charge in [0.05, 0.1) is 12.1 Å². The molecule has 7 nitrogen and oxygen atoms in total. The maximum Gasteiger partial charge on any atom is 0.271 e. The first-order valence-electron chi connectivity index (χ1n) is 6.56. The maximum absolute atomic E-state index is 12.9. The van der Waals surface area contributed by atoms with Crippen LogP contribution in [0.4, 0.5) is 5.69 Å². The summed E-state index contributed by atoms with van der Waals surface area (Å²) < 4.78 is 0. The molecule has 0 radical (unpaired) electrons. The Bertz CT molecular complexity index is 907. The Hall–Kier alpha value is -3.19. The molecular formula is C15H9N5O2. The predicted octanol–water partition coefficient (Wildman–Crippen LogP) is -0.168. The number of amides is 2. The van der Waals surface area contributed by atoms with Gasteiger partial charge in [-0.2, -0.15) is 15.5 Å². The number of rotatable bonds is 0. The molecule has 7 heteroatoms. The van der Waals surface area contributed by atoms with E-state index < -0.39 is 28.1 Å². The lowest BCUT2D eigenvalue weighted by atomic mass is 9.85. The van der Waals surface area contributed by atoms with Crippen LogP contribution in [0.15, 0.2) is 29.3 Å². The fraction of sp³-hybridized carbons (Fsp3) is 0.267. The molecule has 1 saturated carbocycles. The molecule has 3 atom stereocenters. The largest absolute Gasteiger partial charge is 0.386 e. The fourth-order valence-corrected chi connectivity index (χ4v) is 4.27. The van der Waals surface area contributed by atoms with Gasteiger partial charge in [-0.1, -0.05) is 18.2 Å². The highest BCUT2D eigenvalue weighted by atomic mass is 16.2. The van der Waals surface area contributed by atoms with E-state index in [-0.39, 0.29) is 5.84 Å². The molecule has 3 aliphatic rings. The van der Waals surface area contributed by atoms with Crippen molar-refractivity contribution in [2.75, 3.05) is 11.9 Å². The van der Waals surface area contributed by atoms with Crippen molar-refractivity contribution in [2.24, 2.45) is 21.6 Å². The third-order valence-corrected chi connectivity index (χ3v) is 5.18. The van der Waals surface area contributed by atoms with Gasteiger partial charge >= 0.3 is 0 Å². The number of nitrogens with two attached hydrogens (primary N) is 1. The average molecular weight is 291 g/mol. The lowest BCUT2D eigenvalue weighted by molar-refractivity contribution is -0.126. The van der Waals surface area contributed by atoms with Crippen molar-refractivity contribution in [1.82, 2.24) is 0 Å². The lowest BCUT2D eigenvalue weighted by Crippen LogP contribution is -2.39. The normalized spacial score (nSPS) is 37.4. The molecule has 2 N–H and O–H groups in total.